The van der Waals surface area contributed by atoms with Gasteiger partial charge in [0.15, 0.2) is 5.76 Å². The van der Waals surface area contributed by atoms with Crippen molar-refractivity contribution in [3.05, 3.63) is 65.5 Å². The van der Waals surface area contributed by atoms with Crippen molar-refractivity contribution in [1.82, 2.24) is 10.1 Å². The summed E-state index contributed by atoms with van der Waals surface area (Å²) in [6.45, 7) is 0.0660. The van der Waals surface area contributed by atoms with Crippen molar-refractivity contribution in [2.75, 3.05) is 0 Å². The molecule has 0 saturated heterocycles. The monoisotopic (exact) mass is 294 g/mol. The van der Waals surface area contributed by atoms with Gasteiger partial charge in [0.05, 0.1) is 23.9 Å². The topological polar surface area (TPSA) is 76.6 Å². The average molecular weight is 294 g/mol. The zero-order valence-electron chi connectivity index (χ0n) is 11.4. The molecule has 3 aromatic rings. The molecule has 0 fully saturated rings. The van der Waals surface area contributed by atoms with E-state index in [2.05, 4.69) is 5.16 Å². The number of benzene rings is 1. The Balaban J connectivity index is 1.60. The first-order valence-electron chi connectivity index (χ1n) is 6.69. The normalized spacial score (nSPS) is 13.7. The fourth-order valence-corrected chi connectivity index (χ4v) is 2.47. The van der Waals surface area contributed by atoms with Crippen LogP contribution < -0.4 is 0 Å². The van der Waals surface area contributed by atoms with Crippen molar-refractivity contribution >= 4 is 11.8 Å². The average Bonchev–Trinajstić information content (AvgIpc) is 3.25. The van der Waals surface area contributed by atoms with Crippen LogP contribution in [0.15, 0.2) is 57.7 Å². The number of aromatic nitrogens is 1. The van der Waals surface area contributed by atoms with Crippen LogP contribution in [-0.2, 0) is 6.54 Å². The summed E-state index contributed by atoms with van der Waals surface area (Å²) in [5, 5.41) is 3.89. The first-order valence-corrected chi connectivity index (χ1v) is 6.69. The molecule has 4 rings (SSSR count). The van der Waals surface area contributed by atoms with Crippen LogP contribution in [0.2, 0.25) is 0 Å². The van der Waals surface area contributed by atoms with Crippen molar-refractivity contribution in [2.24, 2.45) is 0 Å². The molecule has 6 nitrogen and oxygen atoms in total. The maximum Gasteiger partial charge on any atom is 0.261 e. The minimum absolute atomic E-state index is 0.0660. The minimum Gasteiger partial charge on any atom is -0.461 e. The third kappa shape index (κ3) is 1.85. The van der Waals surface area contributed by atoms with Gasteiger partial charge in [-0.2, -0.15) is 0 Å². The number of rotatable bonds is 3. The lowest BCUT2D eigenvalue weighted by Crippen LogP contribution is -2.29. The quantitative estimate of drug-likeness (QED) is 0.694. The Hall–Kier alpha value is -3.15. The second kappa shape index (κ2) is 4.70. The number of furan rings is 1. The molecule has 0 spiro atoms. The van der Waals surface area contributed by atoms with Gasteiger partial charge in [-0.15, -0.1) is 0 Å². The number of nitrogens with zero attached hydrogens (tertiary/aromatic N) is 2. The minimum atomic E-state index is -0.317. The van der Waals surface area contributed by atoms with E-state index >= 15 is 0 Å². The summed E-state index contributed by atoms with van der Waals surface area (Å²) in [6, 6.07) is 11.9. The summed E-state index contributed by atoms with van der Waals surface area (Å²) >= 11 is 0. The SMILES string of the molecule is O=C1c2ccccc2C(=O)N1Cc1cc(-c2ccco2)on1. The number of hydrogen-bond acceptors (Lipinski definition) is 5. The molecular weight excluding hydrogens is 284 g/mol. The van der Waals surface area contributed by atoms with Crippen molar-refractivity contribution in [1.29, 1.82) is 0 Å². The highest BCUT2D eigenvalue weighted by molar-refractivity contribution is 6.21. The molecule has 1 aliphatic heterocycles. The number of hydrogen-bond donors (Lipinski definition) is 0. The van der Waals surface area contributed by atoms with Gasteiger partial charge in [-0.1, -0.05) is 17.3 Å². The standard InChI is InChI=1S/C16H10N2O4/c19-15-11-4-1-2-5-12(11)16(20)18(15)9-10-8-14(22-17-10)13-6-3-7-21-13/h1-8H,9H2. The lowest BCUT2D eigenvalue weighted by atomic mass is 10.1. The lowest BCUT2D eigenvalue weighted by Gasteiger charge is -2.10. The van der Waals surface area contributed by atoms with Crippen molar-refractivity contribution < 1.29 is 18.5 Å². The second-order valence-corrected chi connectivity index (χ2v) is 4.90. The van der Waals surface area contributed by atoms with Gasteiger partial charge in [0.1, 0.15) is 5.69 Å². The molecule has 22 heavy (non-hydrogen) atoms. The van der Waals surface area contributed by atoms with Crippen LogP contribution in [0, 0.1) is 0 Å². The van der Waals surface area contributed by atoms with Crippen molar-refractivity contribution in [3.63, 3.8) is 0 Å². The highest BCUT2D eigenvalue weighted by Gasteiger charge is 2.35. The molecule has 0 aliphatic carbocycles. The Kier molecular flexibility index (Phi) is 2.69. The highest BCUT2D eigenvalue weighted by atomic mass is 16.5. The van der Waals surface area contributed by atoms with Crippen LogP contribution in [-0.4, -0.2) is 21.9 Å². The van der Waals surface area contributed by atoms with Crippen molar-refractivity contribution in [3.8, 4) is 11.5 Å². The number of amides is 2. The number of carbonyl (C=O) groups is 2. The van der Waals surface area contributed by atoms with Gasteiger partial charge < -0.3 is 8.94 Å². The van der Waals surface area contributed by atoms with Crippen LogP contribution in [0.5, 0.6) is 0 Å². The van der Waals surface area contributed by atoms with E-state index in [4.69, 9.17) is 8.94 Å². The van der Waals surface area contributed by atoms with Crippen LogP contribution in [0.3, 0.4) is 0 Å². The van der Waals surface area contributed by atoms with Gasteiger partial charge in [-0.05, 0) is 24.3 Å². The Morgan fingerprint density at radius 3 is 2.32 bits per heavy atom. The number of imide groups is 1. The molecule has 108 valence electrons. The zero-order chi connectivity index (χ0) is 15.1. The van der Waals surface area contributed by atoms with E-state index in [1.165, 1.54) is 6.26 Å². The van der Waals surface area contributed by atoms with Gasteiger partial charge in [0.2, 0.25) is 5.76 Å². The maximum atomic E-state index is 12.3. The Morgan fingerprint density at radius 1 is 0.955 bits per heavy atom. The van der Waals surface area contributed by atoms with E-state index in [9.17, 15) is 9.59 Å². The molecule has 1 aliphatic rings. The van der Waals surface area contributed by atoms with E-state index in [1.54, 1.807) is 42.5 Å². The molecule has 0 N–H and O–H groups in total. The number of fused-ring (bicyclic) bond motifs is 1. The van der Waals surface area contributed by atoms with E-state index < -0.39 is 0 Å². The highest BCUT2D eigenvalue weighted by Crippen LogP contribution is 2.26. The summed E-state index contributed by atoms with van der Waals surface area (Å²) in [7, 11) is 0. The van der Waals surface area contributed by atoms with Gasteiger partial charge >= 0.3 is 0 Å². The largest absolute Gasteiger partial charge is 0.461 e. The van der Waals surface area contributed by atoms with Crippen molar-refractivity contribution in [2.45, 2.75) is 6.54 Å². The van der Waals surface area contributed by atoms with Crippen LogP contribution in [0.4, 0.5) is 0 Å². The molecule has 2 aromatic heterocycles. The second-order valence-electron chi connectivity index (χ2n) is 4.90. The van der Waals surface area contributed by atoms with Gasteiger partial charge in [0, 0.05) is 6.07 Å². The molecule has 1 aromatic carbocycles. The first kappa shape index (κ1) is 12.6. The third-order valence-electron chi connectivity index (χ3n) is 3.52. The van der Waals surface area contributed by atoms with Gasteiger partial charge in [-0.25, -0.2) is 0 Å². The molecule has 0 bridgehead atoms. The molecule has 0 atom stereocenters. The molecule has 0 unspecified atom stereocenters. The molecule has 6 heteroatoms. The van der Waals surface area contributed by atoms with Crippen LogP contribution in [0.25, 0.3) is 11.5 Å². The number of carbonyl (C=O) groups excluding carboxylic acids is 2. The summed E-state index contributed by atoms with van der Waals surface area (Å²) in [5.41, 5.74) is 1.32. The molecule has 3 heterocycles. The maximum absolute atomic E-state index is 12.3. The van der Waals surface area contributed by atoms with Crippen LogP contribution in [0.1, 0.15) is 26.4 Å². The van der Waals surface area contributed by atoms with E-state index in [0.29, 0.717) is 28.3 Å². The molecule has 0 radical (unpaired) electrons. The van der Waals surface area contributed by atoms with Gasteiger partial charge in [0.25, 0.3) is 11.8 Å². The summed E-state index contributed by atoms with van der Waals surface area (Å²) in [5.74, 6) is 0.365. The third-order valence-corrected chi connectivity index (χ3v) is 3.52. The summed E-state index contributed by atoms with van der Waals surface area (Å²) in [6.07, 6.45) is 1.53. The fraction of sp³-hybridized carbons (Fsp3) is 0.0625. The Labute approximate surface area is 124 Å². The van der Waals surface area contributed by atoms with Gasteiger partial charge in [-0.3, -0.25) is 14.5 Å². The summed E-state index contributed by atoms with van der Waals surface area (Å²) in [4.78, 5) is 25.7. The summed E-state index contributed by atoms with van der Waals surface area (Å²) < 4.78 is 10.4. The van der Waals surface area contributed by atoms with E-state index in [1.807, 2.05) is 0 Å². The zero-order valence-corrected chi connectivity index (χ0v) is 11.4. The predicted molar refractivity (Wildman–Crippen MR) is 74.9 cm³/mol. The molecule has 2 amide bonds. The first-order chi connectivity index (χ1) is 10.7. The van der Waals surface area contributed by atoms with E-state index in [-0.39, 0.29) is 18.4 Å². The smallest absolute Gasteiger partial charge is 0.261 e. The Morgan fingerprint density at radius 2 is 1.68 bits per heavy atom. The Bertz CT molecular complexity index is 829. The molecular formula is C16H10N2O4. The lowest BCUT2D eigenvalue weighted by molar-refractivity contribution is 0.0639. The van der Waals surface area contributed by atoms with Crippen LogP contribution >= 0.6 is 0 Å². The molecule has 0 saturated carbocycles. The van der Waals surface area contributed by atoms with E-state index in [0.717, 1.165) is 4.90 Å². The fourth-order valence-electron chi connectivity index (χ4n) is 2.47. The predicted octanol–water partition coefficient (Wildman–Crippen LogP) is 2.73.